The molecule has 0 saturated heterocycles. The molecule has 6 heteroatoms. The van der Waals surface area contributed by atoms with E-state index >= 15 is 0 Å². The number of anilines is 4. The van der Waals surface area contributed by atoms with Crippen LogP contribution < -0.4 is 21.7 Å². The molecule has 1 amide bonds. The molecule has 2 aromatic carbocycles. The number of carbonyl (C=O) groups is 1. The van der Waals surface area contributed by atoms with E-state index in [4.69, 9.17) is 5.73 Å². The molecule has 5 N–H and O–H groups in total. The van der Waals surface area contributed by atoms with Crippen LogP contribution in [0.4, 0.5) is 22.9 Å². The highest BCUT2D eigenvalue weighted by molar-refractivity contribution is 6.03. The molecule has 0 radical (unpaired) electrons. The SMILES string of the molecule is Nc1ccccc1NC(=O)/C=C/c1ccc(NCCNc2ccccc2)nc1. The van der Waals surface area contributed by atoms with E-state index in [9.17, 15) is 4.79 Å². The lowest BCUT2D eigenvalue weighted by molar-refractivity contribution is -0.111. The summed E-state index contributed by atoms with van der Waals surface area (Å²) >= 11 is 0. The molecule has 1 aromatic heterocycles. The van der Waals surface area contributed by atoms with Crippen LogP contribution in [0.5, 0.6) is 0 Å². The molecule has 6 nitrogen and oxygen atoms in total. The van der Waals surface area contributed by atoms with E-state index < -0.39 is 0 Å². The van der Waals surface area contributed by atoms with Gasteiger partial charge >= 0.3 is 0 Å². The molecule has 3 aromatic rings. The lowest BCUT2D eigenvalue weighted by Gasteiger charge is -2.08. The molecule has 0 saturated carbocycles. The molecule has 0 atom stereocenters. The van der Waals surface area contributed by atoms with Crippen LogP contribution in [0.2, 0.25) is 0 Å². The number of nitrogens with zero attached hydrogens (tertiary/aromatic N) is 1. The van der Waals surface area contributed by atoms with Gasteiger partial charge in [0.15, 0.2) is 0 Å². The number of aromatic nitrogens is 1. The van der Waals surface area contributed by atoms with Gasteiger partial charge in [-0.25, -0.2) is 4.98 Å². The normalized spacial score (nSPS) is 10.6. The first-order valence-electron chi connectivity index (χ1n) is 9.03. The summed E-state index contributed by atoms with van der Waals surface area (Å²) in [5.41, 5.74) is 8.87. The maximum atomic E-state index is 12.0. The van der Waals surface area contributed by atoms with Gasteiger partial charge in [0, 0.05) is 31.0 Å². The number of benzene rings is 2. The molecular formula is C22H23N5O. The van der Waals surface area contributed by atoms with Gasteiger partial charge in [-0.05, 0) is 48.0 Å². The van der Waals surface area contributed by atoms with Crippen molar-refractivity contribution in [2.24, 2.45) is 0 Å². The molecule has 0 fully saturated rings. The largest absolute Gasteiger partial charge is 0.397 e. The lowest BCUT2D eigenvalue weighted by atomic mass is 10.2. The smallest absolute Gasteiger partial charge is 0.248 e. The van der Waals surface area contributed by atoms with E-state index in [-0.39, 0.29) is 5.91 Å². The summed E-state index contributed by atoms with van der Waals surface area (Å²) in [6.45, 7) is 1.54. The second kappa shape index (κ2) is 9.78. The van der Waals surface area contributed by atoms with Crippen molar-refractivity contribution in [1.82, 2.24) is 4.98 Å². The minimum atomic E-state index is -0.243. The van der Waals surface area contributed by atoms with Gasteiger partial charge in [0.25, 0.3) is 0 Å². The van der Waals surface area contributed by atoms with Gasteiger partial charge in [-0.3, -0.25) is 4.79 Å². The number of pyridine rings is 1. The van der Waals surface area contributed by atoms with E-state index in [1.54, 1.807) is 24.4 Å². The Morgan fingerprint density at radius 2 is 1.68 bits per heavy atom. The molecule has 0 unspecified atom stereocenters. The molecule has 28 heavy (non-hydrogen) atoms. The third-order valence-corrected chi connectivity index (χ3v) is 3.97. The van der Waals surface area contributed by atoms with Crippen LogP contribution in [0, 0.1) is 0 Å². The van der Waals surface area contributed by atoms with Crippen molar-refractivity contribution in [2.75, 3.05) is 34.8 Å². The van der Waals surface area contributed by atoms with Crippen LogP contribution in [0.15, 0.2) is 79.0 Å². The van der Waals surface area contributed by atoms with Gasteiger partial charge in [-0.1, -0.05) is 30.3 Å². The Morgan fingerprint density at radius 3 is 2.43 bits per heavy atom. The molecule has 0 aliphatic heterocycles. The van der Waals surface area contributed by atoms with Crippen LogP contribution in [0.25, 0.3) is 6.08 Å². The first-order valence-corrected chi connectivity index (χ1v) is 9.03. The van der Waals surface area contributed by atoms with Gasteiger partial charge in [0.05, 0.1) is 11.4 Å². The van der Waals surface area contributed by atoms with Crippen molar-refractivity contribution in [3.8, 4) is 0 Å². The number of hydrogen-bond donors (Lipinski definition) is 4. The predicted octanol–water partition coefficient (Wildman–Crippen LogP) is 3.84. The number of nitrogens with two attached hydrogens (primary N) is 1. The molecule has 0 spiro atoms. The second-order valence-corrected chi connectivity index (χ2v) is 6.11. The van der Waals surface area contributed by atoms with Crippen molar-refractivity contribution in [3.63, 3.8) is 0 Å². The third-order valence-electron chi connectivity index (χ3n) is 3.97. The van der Waals surface area contributed by atoms with Crippen molar-refractivity contribution in [1.29, 1.82) is 0 Å². The number of para-hydroxylation sites is 3. The highest BCUT2D eigenvalue weighted by atomic mass is 16.1. The fourth-order valence-corrected chi connectivity index (χ4v) is 2.52. The Morgan fingerprint density at radius 1 is 0.929 bits per heavy atom. The van der Waals surface area contributed by atoms with Crippen molar-refractivity contribution in [3.05, 3.63) is 84.6 Å². The molecular weight excluding hydrogens is 350 g/mol. The minimum absolute atomic E-state index is 0.243. The Balaban J connectivity index is 1.44. The van der Waals surface area contributed by atoms with E-state index in [0.717, 1.165) is 30.2 Å². The summed E-state index contributed by atoms with van der Waals surface area (Å²) in [5, 5.41) is 9.33. The molecule has 0 aliphatic rings. The number of hydrogen-bond acceptors (Lipinski definition) is 5. The lowest BCUT2D eigenvalue weighted by Crippen LogP contribution is -2.14. The van der Waals surface area contributed by atoms with Crippen LogP contribution in [0.1, 0.15) is 5.56 Å². The zero-order chi connectivity index (χ0) is 19.6. The fraction of sp³-hybridized carbons (Fsp3) is 0.0909. The molecule has 142 valence electrons. The second-order valence-electron chi connectivity index (χ2n) is 6.11. The van der Waals surface area contributed by atoms with Crippen LogP contribution in [0.3, 0.4) is 0 Å². The number of rotatable bonds is 8. The van der Waals surface area contributed by atoms with Gasteiger partial charge in [0.1, 0.15) is 5.82 Å². The quantitative estimate of drug-likeness (QED) is 0.274. The number of nitrogen functional groups attached to an aromatic ring is 1. The predicted molar refractivity (Wildman–Crippen MR) is 116 cm³/mol. The van der Waals surface area contributed by atoms with E-state index in [2.05, 4.69) is 20.9 Å². The molecule has 1 heterocycles. The highest BCUT2D eigenvalue weighted by Crippen LogP contribution is 2.16. The summed E-state index contributed by atoms with van der Waals surface area (Å²) in [6.07, 6.45) is 4.89. The van der Waals surface area contributed by atoms with Gasteiger partial charge in [-0.2, -0.15) is 0 Å². The van der Waals surface area contributed by atoms with Gasteiger partial charge in [-0.15, -0.1) is 0 Å². The van der Waals surface area contributed by atoms with Crippen molar-refractivity contribution >= 4 is 34.9 Å². The monoisotopic (exact) mass is 373 g/mol. The standard InChI is InChI=1S/C22H23N5O/c23-19-8-4-5-9-20(19)27-22(28)13-11-17-10-12-21(26-16-17)25-15-14-24-18-6-2-1-3-7-18/h1-13,16,24H,14-15,23H2,(H,25,26)(H,27,28)/b13-11+. The Bertz CT molecular complexity index is 923. The average Bonchev–Trinajstić information content (AvgIpc) is 2.73. The molecule has 0 aliphatic carbocycles. The zero-order valence-electron chi connectivity index (χ0n) is 15.4. The minimum Gasteiger partial charge on any atom is -0.397 e. The molecule has 0 bridgehead atoms. The maximum absolute atomic E-state index is 12.0. The van der Waals surface area contributed by atoms with Crippen LogP contribution >= 0.6 is 0 Å². The van der Waals surface area contributed by atoms with Crippen LogP contribution in [-0.4, -0.2) is 24.0 Å². The molecule has 3 rings (SSSR count). The number of nitrogens with one attached hydrogen (secondary N) is 3. The Hall–Kier alpha value is -3.80. The van der Waals surface area contributed by atoms with Crippen molar-refractivity contribution < 1.29 is 4.79 Å². The summed E-state index contributed by atoms with van der Waals surface area (Å²) in [4.78, 5) is 16.4. The average molecular weight is 373 g/mol. The summed E-state index contributed by atoms with van der Waals surface area (Å²) in [5.74, 6) is 0.542. The highest BCUT2D eigenvalue weighted by Gasteiger charge is 2.01. The van der Waals surface area contributed by atoms with Crippen LogP contribution in [-0.2, 0) is 4.79 Å². The zero-order valence-corrected chi connectivity index (χ0v) is 15.4. The summed E-state index contributed by atoms with van der Waals surface area (Å²) < 4.78 is 0. The van der Waals surface area contributed by atoms with E-state index in [0.29, 0.717) is 11.4 Å². The first-order chi connectivity index (χ1) is 13.7. The van der Waals surface area contributed by atoms with E-state index in [1.165, 1.54) is 6.08 Å². The maximum Gasteiger partial charge on any atom is 0.248 e. The van der Waals surface area contributed by atoms with Crippen molar-refractivity contribution in [2.45, 2.75) is 0 Å². The number of carbonyl (C=O) groups excluding carboxylic acids is 1. The topological polar surface area (TPSA) is 92.1 Å². The Kier molecular flexibility index (Phi) is 6.62. The van der Waals surface area contributed by atoms with Gasteiger partial charge in [0.2, 0.25) is 5.91 Å². The van der Waals surface area contributed by atoms with E-state index in [1.807, 2.05) is 54.6 Å². The number of amides is 1. The summed E-state index contributed by atoms with van der Waals surface area (Å²) in [7, 11) is 0. The summed E-state index contributed by atoms with van der Waals surface area (Å²) in [6, 6.07) is 21.0. The first kappa shape index (κ1) is 19.0. The Labute approximate surface area is 164 Å². The van der Waals surface area contributed by atoms with Gasteiger partial charge < -0.3 is 21.7 Å². The third kappa shape index (κ3) is 5.88. The fourth-order valence-electron chi connectivity index (χ4n) is 2.52.